The van der Waals surface area contributed by atoms with E-state index in [-0.39, 0.29) is 0 Å². The Labute approximate surface area is 136 Å². The first-order valence-corrected chi connectivity index (χ1v) is 7.32. The van der Waals surface area contributed by atoms with Gasteiger partial charge in [-0.25, -0.2) is 4.79 Å². The lowest BCUT2D eigenvalue weighted by Crippen LogP contribution is -2.37. The van der Waals surface area contributed by atoms with E-state index in [0.29, 0.717) is 18.6 Å². The van der Waals surface area contributed by atoms with Gasteiger partial charge < -0.3 is 14.3 Å². The minimum Gasteiger partial charge on any atom is -0.497 e. The van der Waals surface area contributed by atoms with E-state index in [1.165, 1.54) is 13.8 Å². The average Bonchev–Trinajstić information content (AvgIpc) is 2.45. The van der Waals surface area contributed by atoms with E-state index in [1.807, 2.05) is 24.3 Å². The molecule has 23 heavy (non-hydrogen) atoms. The number of methoxy groups -OCH3 is 1. The second kappa shape index (κ2) is 8.31. The number of aryl methyl sites for hydroxylation is 1. The van der Waals surface area contributed by atoms with Crippen molar-refractivity contribution in [2.45, 2.75) is 46.1 Å². The zero-order chi connectivity index (χ0) is 17.5. The van der Waals surface area contributed by atoms with Gasteiger partial charge in [-0.05, 0) is 44.4 Å². The first kappa shape index (κ1) is 18.7. The number of hydrogen-bond acceptors (Lipinski definition) is 6. The Kier molecular flexibility index (Phi) is 6.75. The van der Waals surface area contributed by atoms with Gasteiger partial charge in [-0.3, -0.25) is 4.79 Å². The van der Waals surface area contributed by atoms with Gasteiger partial charge in [0.25, 0.3) is 0 Å². The predicted octanol–water partition coefficient (Wildman–Crippen LogP) is 2.89. The van der Waals surface area contributed by atoms with E-state index < -0.39 is 17.5 Å². The third-order valence-corrected chi connectivity index (χ3v) is 3.19. The lowest BCUT2D eigenvalue weighted by atomic mass is 9.96. The number of carbonyl (C=O) groups is 2. The lowest BCUT2D eigenvalue weighted by Gasteiger charge is -2.25. The lowest BCUT2D eigenvalue weighted by molar-refractivity contribution is -0.148. The molecular weight excluding hydrogens is 298 g/mol. The Bertz CT molecular complexity index is 575. The van der Waals surface area contributed by atoms with Crippen LogP contribution in [0.25, 0.3) is 0 Å². The van der Waals surface area contributed by atoms with Crippen LogP contribution in [0.15, 0.2) is 29.4 Å². The molecule has 0 bridgehead atoms. The standard InChI is InChI=1S/C17H23NO5/c1-12(19)22-17(3,4)16(18-23-13(2)20)11-8-14-6-9-15(21-5)10-7-14/h6-7,9-10H,8,11H2,1-5H3/b18-16-. The third-order valence-electron chi connectivity index (χ3n) is 3.19. The largest absolute Gasteiger partial charge is 0.497 e. The smallest absolute Gasteiger partial charge is 0.331 e. The van der Waals surface area contributed by atoms with Crippen LogP contribution in [-0.2, 0) is 25.6 Å². The van der Waals surface area contributed by atoms with Gasteiger partial charge >= 0.3 is 11.9 Å². The number of rotatable bonds is 7. The highest BCUT2D eigenvalue weighted by Gasteiger charge is 2.29. The summed E-state index contributed by atoms with van der Waals surface area (Å²) >= 11 is 0. The molecule has 0 heterocycles. The van der Waals surface area contributed by atoms with E-state index in [4.69, 9.17) is 14.3 Å². The van der Waals surface area contributed by atoms with E-state index >= 15 is 0 Å². The van der Waals surface area contributed by atoms with Crippen molar-refractivity contribution in [3.63, 3.8) is 0 Å². The summed E-state index contributed by atoms with van der Waals surface area (Å²) in [6.07, 6.45) is 1.15. The molecule has 0 N–H and O–H groups in total. The average molecular weight is 321 g/mol. The van der Waals surface area contributed by atoms with Crippen molar-refractivity contribution in [3.05, 3.63) is 29.8 Å². The Morgan fingerprint density at radius 1 is 1.09 bits per heavy atom. The molecule has 0 spiro atoms. The van der Waals surface area contributed by atoms with Gasteiger partial charge in [-0.1, -0.05) is 17.3 Å². The first-order valence-electron chi connectivity index (χ1n) is 7.32. The van der Waals surface area contributed by atoms with Crippen LogP contribution in [0, 0.1) is 0 Å². The summed E-state index contributed by atoms with van der Waals surface area (Å²) in [6.45, 7) is 6.02. The molecule has 0 aromatic heterocycles. The molecule has 0 radical (unpaired) electrons. The molecule has 0 fully saturated rings. The molecule has 0 saturated carbocycles. The molecule has 1 rings (SSSR count). The molecule has 6 heteroatoms. The topological polar surface area (TPSA) is 74.2 Å². The second-order valence-corrected chi connectivity index (χ2v) is 5.57. The number of carbonyl (C=O) groups excluding carboxylic acids is 2. The number of benzene rings is 1. The molecule has 0 unspecified atom stereocenters. The number of hydrogen-bond donors (Lipinski definition) is 0. The molecule has 0 aliphatic carbocycles. The van der Waals surface area contributed by atoms with Gasteiger partial charge in [0.05, 0.1) is 7.11 Å². The molecule has 0 amide bonds. The molecule has 1 aromatic rings. The van der Waals surface area contributed by atoms with Crippen molar-refractivity contribution in [2.24, 2.45) is 5.16 Å². The molecule has 0 atom stereocenters. The van der Waals surface area contributed by atoms with Crippen LogP contribution in [0.1, 0.15) is 39.7 Å². The van der Waals surface area contributed by atoms with Crippen molar-refractivity contribution < 1.29 is 23.9 Å². The molecule has 1 aromatic carbocycles. The van der Waals surface area contributed by atoms with Crippen LogP contribution in [-0.4, -0.2) is 30.4 Å². The summed E-state index contributed by atoms with van der Waals surface area (Å²) < 4.78 is 10.4. The quantitative estimate of drug-likeness (QED) is 0.334. The van der Waals surface area contributed by atoms with Crippen LogP contribution in [0.4, 0.5) is 0 Å². The maximum Gasteiger partial charge on any atom is 0.331 e. The number of nitrogens with zero attached hydrogens (tertiary/aromatic N) is 1. The van der Waals surface area contributed by atoms with Gasteiger partial charge in [0, 0.05) is 13.8 Å². The molecular formula is C17H23NO5. The van der Waals surface area contributed by atoms with Crippen molar-refractivity contribution in [3.8, 4) is 5.75 Å². The van der Waals surface area contributed by atoms with Crippen LogP contribution < -0.4 is 4.74 Å². The van der Waals surface area contributed by atoms with E-state index in [9.17, 15) is 9.59 Å². The van der Waals surface area contributed by atoms with Crippen LogP contribution in [0.2, 0.25) is 0 Å². The van der Waals surface area contributed by atoms with Crippen molar-refractivity contribution in [1.82, 2.24) is 0 Å². The fourth-order valence-electron chi connectivity index (χ4n) is 2.05. The van der Waals surface area contributed by atoms with Gasteiger partial charge in [0.15, 0.2) is 0 Å². The molecule has 6 nitrogen and oxygen atoms in total. The van der Waals surface area contributed by atoms with Gasteiger partial charge in [-0.2, -0.15) is 0 Å². The zero-order valence-corrected chi connectivity index (χ0v) is 14.2. The summed E-state index contributed by atoms with van der Waals surface area (Å²) in [5, 5.41) is 3.86. The second-order valence-electron chi connectivity index (χ2n) is 5.57. The Morgan fingerprint density at radius 2 is 1.70 bits per heavy atom. The van der Waals surface area contributed by atoms with Crippen LogP contribution in [0.5, 0.6) is 5.75 Å². The van der Waals surface area contributed by atoms with E-state index in [0.717, 1.165) is 11.3 Å². The van der Waals surface area contributed by atoms with Crippen molar-refractivity contribution in [2.75, 3.05) is 7.11 Å². The first-order chi connectivity index (χ1) is 10.7. The fraction of sp³-hybridized carbons (Fsp3) is 0.471. The van der Waals surface area contributed by atoms with Gasteiger partial charge in [0.1, 0.15) is 17.1 Å². The molecule has 0 saturated heterocycles. The summed E-state index contributed by atoms with van der Waals surface area (Å²) in [6, 6.07) is 7.63. The number of esters is 1. The monoisotopic (exact) mass is 321 g/mol. The Morgan fingerprint density at radius 3 is 2.17 bits per heavy atom. The minimum absolute atomic E-state index is 0.421. The maximum absolute atomic E-state index is 11.2. The zero-order valence-electron chi connectivity index (χ0n) is 14.2. The highest BCUT2D eigenvalue weighted by Crippen LogP contribution is 2.19. The predicted molar refractivity (Wildman–Crippen MR) is 86.4 cm³/mol. The van der Waals surface area contributed by atoms with E-state index in [2.05, 4.69) is 5.16 Å². The SMILES string of the molecule is COc1ccc(CC/C(=N/OC(C)=O)C(C)(C)OC(C)=O)cc1. The van der Waals surface area contributed by atoms with Gasteiger partial charge in [0.2, 0.25) is 0 Å². The molecule has 0 aliphatic rings. The highest BCUT2D eigenvalue weighted by atomic mass is 16.7. The van der Waals surface area contributed by atoms with E-state index in [1.54, 1.807) is 21.0 Å². The molecule has 126 valence electrons. The van der Waals surface area contributed by atoms with Crippen molar-refractivity contribution >= 4 is 17.7 Å². The summed E-state index contributed by atoms with van der Waals surface area (Å²) in [5.74, 6) is -0.164. The fourth-order valence-corrected chi connectivity index (χ4v) is 2.05. The summed E-state index contributed by atoms with van der Waals surface area (Å²) in [5.41, 5.74) is 0.604. The number of ether oxygens (including phenoxy) is 2. The van der Waals surface area contributed by atoms with Gasteiger partial charge in [-0.15, -0.1) is 0 Å². The summed E-state index contributed by atoms with van der Waals surface area (Å²) in [4.78, 5) is 27.0. The summed E-state index contributed by atoms with van der Waals surface area (Å²) in [7, 11) is 1.61. The van der Waals surface area contributed by atoms with Crippen LogP contribution in [0.3, 0.4) is 0 Å². The number of oxime groups is 1. The minimum atomic E-state index is -0.951. The Balaban J connectivity index is 2.85. The third kappa shape index (κ3) is 6.50. The van der Waals surface area contributed by atoms with Crippen LogP contribution >= 0.6 is 0 Å². The highest BCUT2D eigenvalue weighted by molar-refractivity contribution is 5.93. The molecule has 0 aliphatic heterocycles. The normalized spacial score (nSPS) is 11.8. The Hall–Kier alpha value is -2.37. The van der Waals surface area contributed by atoms with Crippen molar-refractivity contribution in [1.29, 1.82) is 0 Å². The maximum atomic E-state index is 11.2.